The van der Waals surface area contributed by atoms with Crippen LogP contribution in [-0.4, -0.2) is 38.6 Å². The SMILES string of the molecule is Cc1ccc(Cl)cc1N1CC[NH+](CC(=O)Nc2ccc(Br)cc2F)CC1. The second-order valence-electron chi connectivity index (χ2n) is 6.52. The molecule has 138 valence electrons. The molecule has 1 heterocycles. The van der Waals surface area contributed by atoms with Gasteiger partial charge < -0.3 is 15.1 Å². The molecule has 0 bridgehead atoms. The van der Waals surface area contributed by atoms with Crippen LogP contribution in [-0.2, 0) is 4.79 Å². The summed E-state index contributed by atoms with van der Waals surface area (Å²) >= 11 is 9.32. The van der Waals surface area contributed by atoms with Gasteiger partial charge in [-0.05, 0) is 42.8 Å². The van der Waals surface area contributed by atoms with Gasteiger partial charge >= 0.3 is 0 Å². The average Bonchev–Trinajstić information content (AvgIpc) is 2.60. The van der Waals surface area contributed by atoms with Crippen molar-refractivity contribution in [2.75, 3.05) is 42.9 Å². The fourth-order valence-corrected chi connectivity index (χ4v) is 3.68. The lowest BCUT2D eigenvalue weighted by molar-refractivity contribution is -0.892. The number of piperazine rings is 1. The molecule has 7 heteroatoms. The van der Waals surface area contributed by atoms with Crippen LogP contribution >= 0.6 is 27.5 Å². The quantitative estimate of drug-likeness (QED) is 0.765. The van der Waals surface area contributed by atoms with Crippen LogP contribution in [0.25, 0.3) is 0 Å². The highest BCUT2D eigenvalue weighted by atomic mass is 79.9. The predicted octanol–water partition coefficient (Wildman–Crippen LogP) is 2.89. The smallest absolute Gasteiger partial charge is 0.279 e. The Balaban J connectivity index is 1.53. The van der Waals surface area contributed by atoms with Crippen molar-refractivity contribution in [1.82, 2.24) is 0 Å². The first-order chi connectivity index (χ1) is 12.4. The van der Waals surface area contributed by atoms with Gasteiger partial charge in [-0.2, -0.15) is 0 Å². The van der Waals surface area contributed by atoms with Crippen LogP contribution in [0.15, 0.2) is 40.9 Å². The third-order valence-corrected chi connectivity index (χ3v) is 5.33. The van der Waals surface area contributed by atoms with E-state index in [1.807, 2.05) is 18.2 Å². The molecule has 0 unspecified atom stereocenters. The Hall–Kier alpha value is -1.63. The summed E-state index contributed by atoms with van der Waals surface area (Å²) in [4.78, 5) is 15.7. The van der Waals surface area contributed by atoms with Gasteiger partial charge in [0.05, 0.1) is 31.9 Å². The summed E-state index contributed by atoms with van der Waals surface area (Å²) in [6.07, 6.45) is 0. The molecule has 1 saturated heterocycles. The van der Waals surface area contributed by atoms with Crippen molar-refractivity contribution in [2.45, 2.75) is 6.92 Å². The number of hydrogen-bond donors (Lipinski definition) is 2. The van der Waals surface area contributed by atoms with Crippen molar-refractivity contribution in [3.63, 3.8) is 0 Å². The fraction of sp³-hybridized carbons (Fsp3) is 0.316. The Kier molecular flexibility index (Phi) is 6.16. The molecule has 1 amide bonds. The third kappa shape index (κ3) is 4.75. The highest BCUT2D eigenvalue weighted by molar-refractivity contribution is 9.10. The van der Waals surface area contributed by atoms with Crippen LogP contribution in [0.5, 0.6) is 0 Å². The van der Waals surface area contributed by atoms with Crippen LogP contribution in [0.4, 0.5) is 15.8 Å². The molecular formula is C19H21BrClFN3O+. The summed E-state index contributed by atoms with van der Waals surface area (Å²) in [5, 5.41) is 3.39. The van der Waals surface area contributed by atoms with Gasteiger partial charge in [0.15, 0.2) is 6.54 Å². The summed E-state index contributed by atoms with van der Waals surface area (Å²) < 4.78 is 14.5. The summed E-state index contributed by atoms with van der Waals surface area (Å²) in [6.45, 7) is 5.82. The number of rotatable bonds is 4. The van der Waals surface area contributed by atoms with Crippen molar-refractivity contribution < 1.29 is 14.1 Å². The van der Waals surface area contributed by atoms with Crippen LogP contribution < -0.4 is 15.1 Å². The molecule has 0 atom stereocenters. The number of nitrogens with zero attached hydrogens (tertiary/aromatic N) is 1. The summed E-state index contributed by atoms with van der Waals surface area (Å²) in [7, 11) is 0. The second kappa shape index (κ2) is 8.37. The van der Waals surface area contributed by atoms with Crippen LogP contribution in [0.3, 0.4) is 0 Å². The maximum Gasteiger partial charge on any atom is 0.279 e. The Morgan fingerprint density at radius 1 is 1.27 bits per heavy atom. The van der Waals surface area contributed by atoms with E-state index in [9.17, 15) is 9.18 Å². The molecule has 2 N–H and O–H groups in total. The number of aryl methyl sites for hydroxylation is 1. The molecule has 1 aliphatic heterocycles. The molecule has 26 heavy (non-hydrogen) atoms. The van der Waals surface area contributed by atoms with Gasteiger partial charge in [0, 0.05) is 15.2 Å². The molecule has 0 radical (unpaired) electrons. The summed E-state index contributed by atoms with van der Waals surface area (Å²) in [6, 6.07) is 10.5. The van der Waals surface area contributed by atoms with Crippen LogP contribution in [0, 0.1) is 12.7 Å². The molecule has 1 aliphatic rings. The normalized spacial score (nSPS) is 15.2. The summed E-state index contributed by atoms with van der Waals surface area (Å²) in [5.74, 6) is -0.613. The van der Waals surface area contributed by atoms with E-state index in [-0.39, 0.29) is 11.6 Å². The number of anilines is 2. The van der Waals surface area contributed by atoms with E-state index >= 15 is 0 Å². The van der Waals surface area contributed by atoms with Gasteiger partial charge in [0.25, 0.3) is 5.91 Å². The standard InChI is InChI=1S/C19H20BrClFN3O/c1-13-2-4-15(21)11-18(13)25-8-6-24(7-9-25)12-19(26)23-17-5-3-14(20)10-16(17)22/h2-5,10-11H,6-9,12H2,1H3,(H,23,26)/p+1. The van der Waals surface area contributed by atoms with Crippen molar-refractivity contribution in [3.8, 4) is 0 Å². The monoisotopic (exact) mass is 440 g/mol. The zero-order valence-corrected chi connectivity index (χ0v) is 16.8. The Labute approximate surface area is 166 Å². The molecular weight excluding hydrogens is 421 g/mol. The third-order valence-electron chi connectivity index (χ3n) is 4.60. The van der Waals surface area contributed by atoms with Crippen molar-refractivity contribution in [1.29, 1.82) is 0 Å². The fourth-order valence-electron chi connectivity index (χ4n) is 3.18. The number of halogens is 3. The molecule has 2 aromatic carbocycles. The molecule has 3 rings (SSSR count). The van der Waals surface area contributed by atoms with Gasteiger partial charge in [-0.15, -0.1) is 0 Å². The van der Waals surface area contributed by atoms with E-state index in [4.69, 9.17) is 11.6 Å². The lowest BCUT2D eigenvalue weighted by Gasteiger charge is -2.34. The van der Waals surface area contributed by atoms with Gasteiger partial charge in [-0.3, -0.25) is 4.79 Å². The number of amides is 1. The molecule has 1 fully saturated rings. The van der Waals surface area contributed by atoms with Crippen molar-refractivity contribution >= 4 is 44.8 Å². The Morgan fingerprint density at radius 3 is 2.69 bits per heavy atom. The minimum atomic E-state index is -0.441. The van der Waals surface area contributed by atoms with E-state index in [1.165, 1.54) is 16.5 Å². The maximum absolute atomic E-state index is 13.8. The number of carbonyl (C=O) groups is 1. The highest BCUT2D eigenvalue weighted by Gasteiger charge is 2.23. The zero-order chi connectivity index (χ0) is 18.7. The highest BCUT2D eigenvalue weighted by Crippen LogP contribution is 2.24. The molecule has 0 spiro atoms. The van der Waals surface area contributed by atoms with Crippen molar-refractivity contribution in [3.05, 3.63) is 57.3 Å². The molecule has 0 aromatic heterocycles. The number of quaternary nitrogens is 1. The Morgan fingerprint density at radius 2 is 2.00 bits per heavy atom. The lowest BCUT2D eigenvalue weighted by Crippen LogP contribution is -3.15. The van der Waals surface area contributed by atoms with E-state index in [0.29, 0.717) is 11.0 Å². The van der Waals surface area contributed by atoms with Gasteiger partial charge in [0.2, 0.25) is 0 Å². The second-order valence-corrected chi connectivity index (χ2v) is 7.87. The average molecular weight is 442 g/mol. The van der Waals surface area contributed by atoms with Crippen LogP contribution in [0.2, 0.25) is 5.02 Å². The van der Waals surface area contributed by atoms with Crippen molar-refractivity contribution in [2.24, 2.45) is 0 Å². The summed E-state index contributed by atoms with van der Waals surface area (Å²) in [5.41, 5.74) is 2.56. The first-order valence-electron chi connectivity index (χ1n) is 8.52. The lowest BCUT2D eigenvalue weighted by atomic mass is 10.1. The maximum atomic E-state index is 13.8. The van der Waals surface area contributed by atoms with E-state index < -0.39 is 5.82 Å². The minimum absolute atomic E-state index is 0.173. The van der Waals surface area contributed by atoms with Gasteiger partial charge in [0.1, 0.15) is 5.82 Å². The molecule has 2 aromatic rings. The van der Waals surface area contributed by atoms with Gasteiger partial charge in [-0.1, -0.05) is 33.6 Å². The molecule has 0 aliphatic carbocycles. The van der Waals surface area contributed by atoms with E-state index in [2.05, 4.69) is 33.1 Å². The molecule has 4 nitrogen and oxygen atoms in total. The zero-order valence-electron chi connectivity index (χ0n) is 14.5. The van der Waals surface area contributed by atoms with E-state index in [0.717, 1.165) is 36.9 Å². The number of nitrogens with one attached hydrogen (secondary N) is 2. The number of carbonyl (C=O) groups excluding carboxylic acids is 1. The number of hydrogen-bond acceptors (Lipinski definition) is 2. The van der Waals surface area contributed by atoms with E-state index in [1.54, 1.807) is 12.1 Å². The predicted molar refractivity (Wildman–Crippen MR) is 107 cm³/mol. The first-order valence-corrected chi connectivity index (χ1v) is 9.69. The van der Waals surface area contributed by atoms with Gasteiger partial charge in [-0.25, -0.2) is 4.39 Å². The first kappa shape index (κ1) is 19.1. The van der Waals surface area contributed by atoms with Crippen LogP contribution in [0.1, 0.15) is 5.56 Å². The largest absolute Gasteiger partial charge is 0.360 e. The number of benzene rings is 2. The minimum Gasteiger partial charge on any atom is -0.360 e. The Bertz CT molecular complexity index is 809. The molecule has 0 saturated carbocycles. The topological polar surface area (TPSA) is 36.8 Å².